The van der Waals surface area contributed by atoms with Crippen LogP contribution in [0.25, 0.3) is 0 Å². The first-order chi connectivity index (χ1) is 12.9. The number of esters is 1. The maximum atomic E-state index is 12.3. The van der Waals surface area contributed by atoms with Crippen LogP contribution in [0, 0.1) is 13.8 Å². The Morgan fingerprint density at radius 3 is 2.48 bits per heavy atom. The van der Waals surface area contributed by atoms with E-state index in [0.717, 1.165) is 27.5 Å². The van der Waals surface area contributed by atoms with Crippen molar-refractivity contribution in [3.05, 3.63) is 53.6 Å². The molecule has 27 heavy (non-hydrogen) atoms. The molecule has 0 radical (unpaired) electrons. The number of amides is 1. The van der Waals surface area contributed by atoms with Crippen LogP contribution in [-0.4, -0.2) is 30.3 Å². The van der Waals surface area contributed by atoms with Gasteiger partial charge in [-0.25, -0.2) is 0 Å². The summed E-state index contributed by atoms with van der Waals surface area (Å²) in [6, 6.07) is 13.3. The van der Waals surface area contributed by atoms with E-state index in [1.165, 1.54) is 11.8 Å². The summed E-state index contributed by atoms with van der Waals surface area (Å²) in [4.78, 5) is 25.2. The van der Waals surface area contributed by atoms with Gasteiger partial charge in [-0.2, -0.15) is 0 Å². The van der Waals surface area contributed by atoms with Gasteiger partial charge < -0.3 is 14.8 Å². The molecule has 0 saturated carbocycles. The first-order valence-electron chi connectivity index (χ1n) is 8.82. The van der Waals surface area contributed by atoms with E-state index in [4.69, 9.17) is 9.47 Å². The molecule has 0 aliphatic heterocycles. The molecular weight excluding hydrogens is 362 g/mol. The molecule has 2 rings (SSSR count). The summed E-state index contributed by atoms with van der Waals surface area (Å²) in [7, 11) is 0. The highest BCUT2D eigenvalue weighted by atomic mass is 32.2. The van der Waals surface area contributed by atoms with Gasteiger partial charge in [0.25, 0.3) is 5.91 Å². The summed E-state index contributed by atoms with van der Waals surface area (Å²) in [6.07, 6.45) is -0.863. The summed E-state index contributed by atoms with van der Waals surface area (Å²) < 4.78 is 10.6. The number of carbonyl (C=O) groups excluding carboxylic acids is 2. The van der Waals surface area contributed by atoms with E-state index in [1.54, 1.807) is 6.92 Å². The zero-order valence-electron chi connectivity index (χ0n) is 16.1. The van der Waals surface area contributed by atoms with E-state index in [2.05, 4.69) is 5.32 Å². The van der Waals surface area contributed by atoms with Crippen LogP contribution in [0.3, 0.4) is 0 Å². The largest absolute Gasteiger partial charge is 0.494 e. The van der Waals surface area contributed by atoms with Gasteiger partial charge in [-0.1, -0.05) is 12.1 Å². The average molecular weight is 388 g/mol. The number of benzene rings is 2. The quantitative estimate of drug-likeness (QED) is 0.538. The van der Waals surface area contributed by atoms with Gasteiger partial charge in [0.15, 0.2) is 6.10 Å². The summed E-state index contributed by atoms with van der Waals surface area (Å²) >= 11 is 1.36. The molecule has 1 amide bonds. The van der Waals surface area contributed by atoms with Gasteiger partial charge in [0.2, 0.25) is 0 Å². The second-order valence-electron chi connectivity index (χ2n) is 6.13. The van der Waals surface area contributed by atoms with E-state index >= 15 is 0 Å². The summed E-state index contributed by atoms with van der Waals surface area (Å²) in [5, 5.41) is 2.81. The molecule has 2 aromatic rings. The van der Waals surface area contributed by atoms with Crippen molar-refractivity contribution in [3.63, 3.8) is 0 Å². The van der Waals surface area contributed by atoms with Gasteiger partial charge in [0, 0.05) is 10.6 Å². The van der Waals surface area contributed by atoms with E-state index in [1.807, 2.05) is 63.2 Å². The maximum Gasteiger partial charge on any atom is 0.317 e. The maximum absolute atomic E-state index is 12.3. The lowest BCUT2D eigenvalue weighted by Gasteiger charge is -2.15. The van der Waals surface area contributed by atoms with Crippen molar-refractivity contribution in [2.75, 3.05) is 17.7 Å². The van der Waals surface area contributed by atoms with Gasteiger partial charge in [-0.05, 0) is 69.2 Å². The second-order valence-corrected chi connectivity index (χ2v) is 7.18. The Morgan fingerprint density at radius 2 is 1.81 bits per heavy atom. The van der Waals surface area contributed by atoms with Gasteiger partial charge in [-0.3, -0.25) is 9.59 Å². The van der Waals surface area contributed by atoms with Gasteiger partial charge in [-0.15, -0.1) is 11.8 Å². The molecule has 0 aliphatic carbocycles. The van der Waals surface area contributed by atoms with Crippen LogP contribution >= 0.6 is 11.8 Å². The second kappa shape index (κ2) is 10.0. The van der Waals surface area contributed by atoms with Crippen molar-refractivity contribution in [3.8, 4) is 5.75 Å². The first-order valence-corrected chi connectivity index (χ1v) is 9.81. The minimum Gasteiger partial charge on any atom is -0.494 e. The minimum atomic E-state index is -0.863. The Balaban J connectivity index is 1.82. The van der Waals surface area contributed by atoms with Crippen LogP contribution < -0.4 is 10.1 Å². The van der Waals surface area contributed by atoms with E-state index in [9.17, 15) is 9.59 Å². The Bertz CT molecular complexity index is 789. The molecule has 1 N–H and O–H groups in total. The highest BCUT2D eigenvalue weighted by Crippen LogP contribution is 2.22. The predicted molar refractivity (Wildman–Crippen MR) is 108 cm³/mol. The van der Waals surface area contributed by atoms with Crippen LogP contribution in [0.4, 0.5) is 5.69 Å². The van der Waals surface area contributed by atoms with Crippen LogP contribution in [0.2, 0.25) is 0 Å². The molecule has 0 spiro atoms. The molecule has 0 bridgehead atoms. The van der Waals surface area contributed by atoms with Gasteiger partial charge in [0.05, 0.1) is 12.4 Å². The summed E-state index contributed by atoms with van der Waals surface area (Å²) in [5.74, 6) is 0.150. The standard InChI is InChI=1S/C21H25NO4S/c1-5-25-17-8-10-18(11-9-17)27-13-20(23)26-16(4)21(24)22-19-12-14(2)6-7-15(19)3/h6-12,16H,5,13H2,1-4H3,(H,22,24)/t16-/m1/s1. The van der Waals surface area contributed by atoms with Crippen molar-refractivity contribution in [1.29, 1.82) is 0 Å². The topological polar surface area (TPSA) is 64.6 Å². The first kappa shape index (κ1) is 20.8. The van der Waals surface area contributed by atoms with Crippen LogP contribution in [0.5, 0.6) is 5.75 Å². The monoisotopic (exact) mass is 387 g/mol. The molecule has 0 unspecified atom stereocenters. The third-order valence-electron chi connectivity index (χ3n) is 3.82. The summed E-state index contributed by atoms with van der Waals surface area (Å²) in [6.45, 7) is 7.98. The zero-order valence-corrected chi connectivity index (χ0v) is 16.9. The fourth-order valence-corrected chi connectivity index (χ4v) is 3.01. The van der Waals surface area contributed by atoms with Crippen molar-refractivity contribution >= 4 is 29.3 Å². The van der Waals surface area contributed by atoms with E-state index in [-0.39, 0.29) is 11.7 Å². The molecule has 0 aliphatic rings. The molecule has 6 heteroatoms. The van der Waals surface area contributed by atoms with Gasteiger partial charge in [0.1, 0.15) is 5.75 Å². The SMILES string of the molecule is CCOc1ccc(SCC(=O)O[C@H](C)C(=O)Nc2cc(C)ccc2C)cc1. The molecular formula is C21H25NO4S. The molecule has 5 nitrogen and oxygen atoms in total. The van der Waals surface area contributed by atoms with Crippen LogP contribution in [-0.2, 0) is 14.3 Å². The number of carbonyl (C=O) groups is 2. The fourth-order valence-electron chi connectivity index (χ4n) is 2.33. The Morgan fingerprint density at radius 1 is 1.11 bits per heavy atom. The molecule has 2 aromatic carbocycles. The number of nitrogens with one attached hydrogen (secondary N) is 1. The average Bonchev–Trinajstić information content (AvgIpc) is 2.64. The van der Waals surface area contributed by atoms with Crippen LogP contribution in [0.1, 0.15) is 25.0 Å². The summed E-state index contributed by atoms with van der Waals surface area (Å²) in [5.41, 5.74) is 2.73. The number of hydrogen-bond donors (Lipinski definition) is 1. The Hall–Kier alpha value is -2.47. The van der Waals surface area contributed by atoms with E-state index in [0.29, 0.717) is 6.61 Å². The molecule has 144 valence electrons. The highest BCUT2D eigenvalue weighted by Gasteiger charge is 2.18. The number of aryl methyl sites for hydroxylation is 2. The fraction of sp³-hybridized carbons (Fsp3) is 0.333. The third kappa shape index (κ3) is 6.64. The lowest BCUT2D eigenvalue weighted by Crippen LogP contribution is -2.30. The molecule has 0 fully saturated rings. The smallest absolute Gasteiger partial charge is 0.317 e. The predicted octanol–water partition coefficient (Wildman–Crippen LogP) is 4.36. The lowest BCUT2D eigenvalue weighted by molar-refractivity contribution is -0.150. The molecule has 0 heterocycles. The normalized spacial score (nSPS) is 11.6. The Labute approximate surface area is 164 Å². The zero-order chi connectivity index (χ0) is 19.8. The lowest BCUT2D eigenvalue weighted by atomic mass is 10.1. The molecule has 0 saturated heterocycles. The number of rotatable bonds is 8. The van der Waals surface area contributed by atoms with Crippen molar-refractivity contribution in [2.24, 2.45) is 0 Å². The van der Waals surface area contributed by atoms with Crippen molar-refractivity contribution in [1.82, 2.24) is 0 Å². The molecule has 0 aromatic heterocycles. The van der Waals surface area contributed by atoms with Crippen molar-refractivity contribution in [2.45, 2.75) is 38.7 Å². The minimum absolute atomic E-state index is 0.134. The van der Waals surface area contributed by atoms with Crippen molar-refractivity contribution < 1.29 is 19.1 Å². The van der Waals surface area contributed by atoms with Crippen LogP contribution in [0.15, 0.2) is 47.4 Å². The number of thioether (sulfide) groups is 1. The molecule has 1 atom stereocenters. The number of ether oxygens (including phenoxy) is 2. The van der Waals surface area contributed by atoms with E-state index < -0.39 is 12.1 Å². The highest BCUT2D eigenvalue weighted by molar-refractivity contribution is 8.00. The third-order valence-corrected chi connectivity index (χ3v) is 4.81. The number of anilines is 1. The van der Waals surface area contributed by atoms with Gasteiger partial charge >= 0.3 is 5.97 Å². The Kier molecular flexibility index (Phi) is 7.73. The number of hydrogen-bond acceptors (Lipinski definition) is 5.